The molecule has 1 unspecified atom stereocenters. The smallest absolute Gasteiger partial charge is 0.406 e. The van der Waals surface area contributed by atoms with Crippen molar-refractivity contribution < 1.29 is 17.9 Å². The standard InChI is InChI=1S/C16H15ClF3N5O/c1-3-9(2)25-8-21-12-13(23-15(17)24-14(12)25)22-10-4-6-11(7-5-10)26-16(18,19)20/h4-9H,3H2,1-2H3,(H,22,23,24). The number of benzene rings is 1. The fourth-order valence-electron chi connectivity index (χ4n) is 2.37. The zero-order chi connectivity index (χ0) is 18.9. The van der Waals surface area contributed by atoms with Gasteiger partial charge in [0.2, 0.25) is 5.28 Å². The van der Waals surface area contributed by atoms with E-state index in [9.17, 15) is 13.2 Å². The highest BCUT2D eigenvalue weighted by Gasteiger charge is 2.31. The van der Waals surface area contributed by atoms with Crippen LogP contribution in [0.15, 0.2) is 30.6 Å². The Morgan fingerprint density at radius 2 is 1.92 bits per heavy atom. The molecule has 0 fully saturated rings. The number of nitrogens with zero attached hydrogens (tertiary/aromatic N) is 4. The van der Waals surface area contributed by atoms with Gasteiger partial charge in [0.25, 0.3) is 0 Å². The lowest BCUT2D eigenvalue weighted by Crippen LogP contribution is -2.16. The molecule has 0 radical (unpaired) electrons. The summed E-state index contributed by atoms with van der Waals surface area (Å²) in [7, 11) is 0. The largest absolute Gasteiger partial charge is 0.573 e. The number of alkyl halides is 3. The number of hydrogen-bond acceptors (Lipinski definition) is 5. The second kappa shape index (κ2) is 6.99. The zero-order valence-corrected chi connectivity index (χ0v) is 14.6. The topological polar surface area (TPSA) is 64.9 Å². The normalized spacial score (nSPS) is 13.0. The van der Waals surface area contributed by atoms with Gasteiger partial charge >= 0.3 is 6.36 Å². The highest BCUT2D eigenvalue weighted by atomic mass is 35.5. The average molecular weight is 386 g/mol. The molecule has 0 aliphatic carbocycles. The van der Waals surface area contributed by atoms with E-state index in [1.165, 1.54) is 24.3 Å². The second-order valence-corrected chi connectivity index (χ2v) is 5.96. The minimum Gasteiger partial charge on any atom is -0.406 e. The molecule has 2 heterocycles. The number of hydrogen-bond donors (Lipinski definition) is 1. The van der Waals surface area contributed by atoms with Gasteiger partial charge < -0.3 is 14.6 Å². The molecule has 1 atom stereocenters. The van der Waals surface area contributed by atoms with Crippen LogP contribution in [0.25, 0.3) is 11.2 Å². The summed E-state index contributed by atoms with van der Waals surface area (Å²) in [6, 6.07) is 5.46. The highest BCUT2D eigenvalue weighted by molar-refractivity contribution is 6.28. The lowest BCUT2D eigenvalue weighted by molar-refractivity contribution is -0.274. The third-order valence-corrected chi connectivity index (χ3v) is 3.98. The summed E-state index contributed by atoms with van der Waals surface area (Å²) in [6.45, 7) is 4.08. The van der Waals surface area contributed by atoms with E-state index in [-0.39, 0.29) is 17.1 Å². The van der Waals surface area contributed by atoms with Crippen LogP contribution in [0.4, 0.5) is 24.7 Å². The molecule has 0 saturated heterocycles. The first kappa shape index (κ1) is 18.2. The molecule has 0 aliphatic heterocycles. The molecule has 6 nitrogen and oxygen atoms in total. The van der Waals surface area contributed by atoms with Crippen molar-refractivity contribution in [3.63, 3.8) is 0 Å². The second-order valence-electron chi connectivity index (χ2n) is 5.62. The van der Waals surface area contributed by atoms with Gasteiger partial charge in [-0.05, 0) is 49.2 Å². The summed E-state index contributed by atoms with van der Waals surface area (Å²) >= 11 is 6.02. The molecule has 138 valence electrons. The van der Waals surface area contributed by atoms with Crippen LogP contribution < -0.4 is 10.1 Å². The maximum Gasteiger partial charge on any atom is 0.573 e. The van der Waals surface area contributed by atoms with Gasteiger partial charge in [0.05, 0.1) is 6.33 Å². The molecule has 0 spiro atoms. The van der Waals surface area contributed by atoms with Crippen molar-refractivity contribution in [2.75, 3.05) is 5.32 Å². The fraction of sp³-hybridized carbons (Fsp3) is 0.312. The van der Waals surface area contributed by atoms with Gasteiger partial charge in [0.1, 0.15) is 5.75 Å². The Bertz CT molecular complexity index is 911. The van der Waals surface area contributed by atoms with Crippen LogP contribution in [0.2, 0.25) is 5.28 Å². The summed E-state index contributed by atoms with van der Waals surface area (Å²) < 4.78 is 42.4. The van der Waals surface area contributed by atoms with Gasteiger partial charge in [0.15, 0.2) is 17.0 Å². The number of anilines is 2. The Kier molecular flexibility index (Phi) is 4.90. The number of fused-ring (bicyclic) bond motifs is 1. The summed E-state index contributed by atoms with van der Waals surface area (Å²) in [6.07, 6.45) is -2.18. The molecule has 0 aliphatic rings. The van der Waals surface area contributed by atoms with E-state index in [2.05, 4.69) is 25.0 Å². The third kappa shape index (κ3) is 3.98. The van der Waals surface area contributed by atoms with Crippen LogP contribution in [0.1, 0.15) is 26.3 Å². The molecule has 3 rings (SSSR count). The SMILES string of the molecule is CCC(C)n1cnc2c(Nc3ccc(OC(F)(F)F)cc3)nc(Cl)nc21. The molecule has 1 N–H and O–H groups in total. The number of nitrogens with one attached hydrogen (secondary N) is 1. The van der Waals surface area contributed by atoms with Gasteiger partial charge in [0, 0.05) is 11.7 Å². The van der Waals surface area contributed by atoms with E-state index in [0.717, 1.165) is 6.42 Å². The minimum atomic E-state index is -4.73. The van der Waals surface area contributed by atoms with E-state index in [0.29, 0.717) is 22.7 Å². The molecular formula is C16H15ClF3N5O. The van der Waals surface area contributed by atoms with E-state index in [1.807, 2.05) is 18.4 Å². The van der Waals surface area contributed by atoms with Crippen molar-refractivity contribution in [1.82, 2.24) is 19.5 Å². The Morgan fingerprint density at radius 1 is 1.23 bits per heavy atom. The lowest BCUT2D eigenvalue weighted by Gasteiger charge is -2.12. The summed E-state index contributed by atoms with van der Waals surface area (Å²) in [5.41, 5.74) is 1.61. The van der Waals surface area contributed by atoms with Crippen LogP contribution >= 0.6 is 11.6 Å². The third-order valence-electron chi connectivity index (χ3n) is 3.81. The molecule has 2 aromatic heterocycles. The first-order chi connectivity index (χ1) is 12.3. The first-order valence-corrected chi connectivity index (χ1v) is 8.17. The molecule has 0 saturated carbocycles. The molecule has 3 aromatic rings. The van der Waals surface area contributed by atoms with Crippen LogP contribution in [0.5, 0.6) is 5.75 Å². The molecule has 0 bridgehead atoms. The van der Waals surface area contributed by atoms with E-state index >= 15 is 0 Å². The van der Waals surface area contributed by atoms with Crippen LogP contribution in [-0.4, -0.2) is 25.9 Å². The van der Waals surface area contributed by atoms with E-state index in [4.69, 9.17) is 11.6 Å². The van der Waals surface area contributed by atoms with Crippen LogP contribution in [0, 0.1) is 0 Å². The van der Waals surface area contributed by atoms with E-state index in [1.54, 1.807) is 6.33 Å². The Balaban J connectivity index is 1.90. The van der Waals surface area contributed by atoms with Crippen molar-refractivity contribution >= 4 is 34.3 Å². The van der Waals surface area contributed by atoms with Gasteiger partial charge in [-0.3, -0.25) is 0 Å². The minimum absolute atomic E-state index is 0.0436. The number of ether oxygens (including phenoxy) is 1. The van der Waals surface area contributed by atoms with Crippen molar-refractivity contribution in [2.24, 2.45) is 0 Å². The van der Waals surface area contributed by atoms with E-state index < -0.39 is 6.36 Å². The predicted molar refractivity (Wildman–Crippen MR) is 91.7 cm³/mol. The monoisotopic (exact) mass is 385 g/mol. The Morgan fingerprint density at radius 3 is 2.54 bits per heavy atom. The van der Waals surface area contributed by atoms with Gasteiger partial charge in [-0.15, -0.1) is 13.2 Å². The molecule has 1 aromatic carbocycles. The molecular weight excluding hydrogens is 371 g/mol. The molecule has 0 amide bonds. The van der Waals surface area contributed by atoms with Gasteiger partial charge in [-0.2, -0.15) is 9.97 Å². The fourth-order valence-corrected chi connectivity index (χ4v) is 2.54. The van der Waals surface area contributed by atoms with Crippen LogP contribution in [0.3, 0.4) is 0 Å². The van der Waals surface area contributed by atoms with Gasteiger partial charge in [-0.25, -0.2) is 4.98 Å². The van der Waals surface area contributed by atoms with Crippen molar-refractivity contribution in [3.05, 3.63) is 35.9 Å². The Hall–Kier alpha value is -2.55. The number of imidazole rings is 1. The van der Waals surface area contributed by atoms with Gasteiger partial charge in [-0.1, -0.05) is 6.92 Å². The number of aromatic nitrogens is 4. The quantitative estimate of drug-likeness (QED) is 0.619. The average Bonchev–Trinajstić information content (AvgIpc) is 2.98. The number of rotatable bonds is 5. The van der Waals surface area contributed by atoms with Crippen molar-refractivity contribution in [1.29, 1.82) is 0 Å². The summed E-state index contributed by atoms with van der Waals surface area (Å²) in [5.74, 6) is 0.0570. The lowest BCUT2D eigenvalue weighted by atomic mass is 10.2. The zero-order valence-electron chi connectivity index (χ0n) is 13.9. The first-order valence-electron chi connectivity index (χ1n) is 7.79. The Labute approximate surface area is 152 Å². The van der Waals surface area contributed by atoms with Crippen molar-refractivity contribution in [2.45, 2.75) is 32.7 Å². The van der Waals surface area contributed by atoms with Crippen LogP contribution in [-0.2, 0) is 0 Å². The number of halogens is 4. The maximum absolute atomic E-state index is 12.2. The maximum atomic E-state index is 12.2. The van der Waals surface area contributed by atoms with Crippen molar-refractivity contribution in [3.8, 4) is 5.75 Å². The molecule has 10 heteroatoms. The highest BCUT2D eigenvalue weighted by Crippen LogP contribution is 2.28. The summed E-state index contributed by atoms with van der Waals surface area (Å²) in [5, 5.41) is 3.04. The molecule has 26 heavy (non-hydrogen) atoms. The predicted octanol–water partition coefficient (Wildman–Crippen LogP) is 5.09. The summed E-state index contributed by atoms with van der Waals surface area (Å²) in [4.78, 5) is 12.7.